The van der Waals surface area contributed by atoms with E-state index in [0.717, 1.165) is 17.0 Å². The van der Waals surface area contributed by atoms with Crippen molar-refractivity contribution in [1.29, 1.82) is 0 Å². The maximum absolute atomic E-state index is 6.13. The van der Waals surface area contributed by atoms with E-state index < -0.39 is 0 Å². The SMILES string of the molecule is COCCOC1C(Cl)CC1OCc1ccccc1Cl. The minimum absolute atomic E-state index is 0.0214. The lowest BCUT2D eigenvalue weighted by Gasteiger charge is -2.40. The molecule has 0 heterocycles. The maximum atomic E-state index is 6.13. The molecule has 5 heteroatoms. The summed E-state index contributed by atoms with van der Waals surface area (Å²) >= 11 is 12.2. The van der Waals surface area contributed by atoms with E-state index in [1.807, 2.05) is 24.3 Å². The Morgan fingerprint density at radius 3 is 2.68 bits per heavy atom. The summed E-state index contributed by atoms with van der Waals surface area (Å²) in [5, 5.41) is 0.745. The second kappa shape index (κ2) is 7.46. The molecule has 3 nitrogen and oxygen atoms in total. The van der Waals surface area contributed by atoms with Gasteiger partial charge in [-0.1, -0.05) is 29.8 Å². The maximum Gasteiger partial charge on any atom is 0.100 e. The van der Waals surface area contributed by atoms with E-state index in [0.29, 0.717) is 19.8 Å². The van der Waals surface area contributed by atoms with Gasteiger partial charge in [0.2, 0.25) is 0 Å². The van der Waals surface area contributed by atoms with E-state index in [-0.39, 0.29) is 17.6 Å². The first-order valence-corrected chi connectivity index (χ1v) is 7.13. The van der Waals surface area contributed by atoms with E-state index >= 15 is 0 Å². The second-order valence-electron chi connectivity index (χ2n) is 4.52. The average molecular weight is 305 g/mol. The number of methoxy groups -OCH3 is 1. The van der Waals surface area contributed by atoms with Crippen LogP contribution in [0.25, 0.3) is 0 Å². The predicted octanol–water partition coefficient (Wildman–Crippen LogP) is 3.27. The smallest absolute Gasteiger partial charge is 0.100 e. The monoisotopic (exact) mass is 304 g/mol. The Bertz CT molecular complexity index is 400. The first-order valence-electron chi connectivity index (χ1n) is 6.32. The van der Waals surface area contributed by atoms with Gasteiger partial charge in [0.05, 0.1) is 31.3 Å². The first-order chi connectivity index (χ1) is 9.22. The minimum Gasteiger partial charge on any atom is -0.382 e. The fourth-order valence-electron chi connectivity index (χ4n) is 1.98. The van der Waals surface area contributed by atoms with Crippen LogP contribution in [-0.4, -0.2) is 37.9 Å². The molecule has 0 bridgehead atoms. The molecule has 1 aromatic rings. The van der Waals surface area contributed by atoms with Gasteiger partial charge >= 0.3 is 0 Å². The molecule has 1 fully saturated rings. The summed E-state index contributed by atoms with van der Waals surface area (Å²) in [5.41, 5.74) is 0.984. The van der Waals surface area contributed by atoms with E-state index in [1.165, 1.54) is 0 Å². The number of halogens is 2. The highest BCUT2D eigenvalue weighted by Gasteiger charge is 2.41. The molecule has 0 aromatic heterocycles. The molecule has 0 aliphatic heterocycles. The zero-order valence-electron chi connectivity index (χ0n) is 10.9. The van der Waals surface area contributed by atoms with Crippen LogP contribution in [0.2, 0.25) is 5.02 Å². The van der Waals surface area contributed by atoms with Crippen molar-refractivity contribution < 1.29 is 14.2 Å². The van der Waals surface area contributed by atoms with Crippen LogP contribution < -0.4 is 0 Å². The largest absolute Gasteiger partial charge is 0.382 e. The normalized spacial score (nSPS) is 26.2. The van der Waals surface area contributed by atoms with Crippen molar-refractivity contribution in [2.24, 2.45) is 0 Å². The molecule has 2 rings (SSSR count). The van der Waals surface area contributed by atoms with Gasteiger partial charge in [0.1, 0.15) is 6.10 Å². The molecule has 1 aliphatic rings. The molecule has 1 aromatic carbocycles. The zero-order valence-corrected chi connectivity index (χ0v) is 12.4. The zero-order chi connectivity index (χ0) is 13.7. The Morgan fingerprint density at radius 2 is 2.00 bits per heavy atom. The summed E-state index contributed by atoms with van der Waals surface area (Å²) in [4.78, 5) is 0. The number of hydrogen-bond donors (Lipinski definition) is 0. The third kappa shape index (κ3) is 4.07. The summed E-state index contributed by atoms with van der Waals surface area (Å²) in [5.74, 6) is 0. The molecule has 3 atom stereocenters. The van der Waals surface area contributed by atoms with E-state index in [9.17, 15) is 0 Å². The van der Waals surface area contributed by atoms with Crippen molar-refractivity contribution in [2.45, 2.75) is 30.6 Å². The van der Waals surface area contributed by atoms with Gasteiger partial charge in [-0.15, -0.1) is 11.6 Å². The van der Waals surface area contributed by atoms with E-state index in [4.69, 9.17) is 37.4 Å². The van der Waals surface area contributed by atoms with Crippen molar-refractivity contribution in [3.63, 3.8) is 0 Å². The van der Waals surface area contributed by atoms with Crippen LogP contribution in [0.15, 0.2) is 24.3 Å². The highest BCUT2D eigenvalue weighted by Crippen LogP contribution is 2.33. The number of hydrogen-bond acceptors (Lipinski definition) is 3. The number of rotatable bonds is 7. The topological polar surface area (TPSA) is 27.7 Å². The van der Waals surface area contributed by atoms with Crippen molar-refractivity contribution in [3.05, 3.63) is 34.9 Å². The van der Waals surface area contributed by atoms with Crippen LogP contribution >= 0.6 is 23.2 Å². The van der Waals surface area contributed by atoms with Crippen LogP contribution in [0.3, 0.4) is 0 Å². The van der Waals surface area contributed by atoms with Gasteiger partial charge in [-0.2, -0.15) is 0 Å². The minimum atomic E-state index is -0.0562. The lowest BCUT2D eigenvalue weighted by molar-refractivity contribution is -0.135. The van der Waals surface area contributed by atoms with Crippen LogP contribution in [0.1, 0.15) is 12.0 Å². The fourth-order valence-corrected chi connectivity index (χ4v) is 2.58. The molecule has 1 saturated carbocycles. The second-order valence-corrected chi connectivity index (χ2v) is 5.49. The summed E-state index contributed by atoms with van der Waals surface area (Å²) in [7, 11) is 1.65. The van der Waals surface area contributed by atoms with Gasteiger partial charge in [0, 0.05) is 12.1 Å². The molecular weight excluding hydrogens is 287 g/mol. The Labute approximate surface area is 123 Å². The molecule has 0 saturated heterocycles. The van der Waals surface area contributed by atoms with Crippen LogP contribution in [0.4, 0.5) is 0 Å². The van der Waals surface area contributed by atoms with Crippen LogP contribution in [0.5, 0.6) is 0 Å². The van der Waals surface area contributed by atoms with Crippen LogP contribution in [-0.2, 0) is 20.8 Å². The quantitative estimate of drug-likeness (QED) is 0.571. The van der Waals surface area contributed by atoms with Gasteiger partial charge in [0.25, 0.3) is 0 Å². The summed E-state index contributed by atoms with van der Waals surface area (Å²) in [6, 6.07) is 7.67. The Hall–Kier alpha value is -0.320. The Balaban J connectivity index is 1.78. The molecule has 106 valence electrons. The molecule has 1 aliphatic carbocycles. The van der Waals surface area contributed by atoms with E-state index in [1.54, 1.807) is 7.11 Å². The van der Waals surface area contributed by atoms with Crippen molar-refractivity contribution >= 4 is 23.2 Å². The van der Waals surface area contributed by atoms with Gasteiger partial charge < -0.3 is 14.2 Å². The molecular formula is C14H18Cl2O3. The molecule has 19 heavy (non-hydrogen) atoms. The summed E-state index contributed by atoms with van der Waals surface area (Å²) < 4.78 is 16.4. The predicted molar refractivity (Wildman–Crippen MR) is 75.9 cm³/mol. The first kappa shape index (κ1) is 15.1. The van der Waals surface area contributed by atoms with Crippen molar-refractivity contribution in [3.8, 4) is 0 Å². The fraction of sp³-hybridized carbons (Fsp3) is 0.571. The van der Waals surface area contributed by atoms with Gasteiger partial charge in [0.15, 0.2) is 0 Å². The highest BCUT2D eigenvalue weighted by atomic mass is 35.5. The van der Waals surface area contributed by atoms with Crippen LogP contribution in [0, 0.1) is 0 Å². The highest BCUT2D eigenvalue weighted by molar-refractivity contribution is 6.31. The lowest BCUT2D eigenvalue weighted by atomic mass is 9.91. The van der Waals surface area contributed by atoms with Crippen molar-refractivity contribution in [1.82, 2.24) is 0 Å². The molecule has 3 unspecified atom stereocenters. The standard InChI is InChI=1S/C14H18Cl2O3/c1-17-6-7-18-14-12(16)8-13(14)19-9-10-4-2-3-5-11(10)15/h2-5,12-14H,6-9H2,1H3. The van der Waals surface area contributed by atoms with Gasteiger partial charge in [-0.25, -0.2) is 0 Å². The molecule has 0 spiro atoms. The molecule has 0 radical (unpaired) electrons. The molecule has 0 amide bonds. The summed E-state index contributed by atoms with van der Waals surface area (Å²) in [6.07, 6.45) is 0.791. The van der Waals surface area contributed by atoms with E-state index in [2.05, 4.69) is 0 Å². The third-order valence-corrected chi connectivity index (χ3v) is 3.98. The third-order valence-electron chi connectivity index (χ3n) is 3.19. The average Bonchev–Trinajstić information content (AvgIpc) is 2.41. The summed E-state index contributed by atoms with van der Waals surface area (Å²) in [6.45, 7) is 1.59. The number of ether oxygens (including phenoxy) is 3. The number of alkyl halides is 1. The molecule has 0 N–H and O–H groups in total. The van der Waals surface area contributed by atoms with Gasteiger partial charge in [-0.3, -0.25) is 0 Å². The van der Waals surface area contributed by atoms with Crippen molar-refractivity contribution in [2.75, 3.05) is 20.3 Å². The Kier molecular flexibility index (Phi) is 5.92. The Morgan fingerprint density at radius 1 is 1.21 bits per heavy atom. The lowest BCUT2D eigenvalue weighted by Crippen LogP contribution is -2.51. The number of benzene rings is 1. The van der Waals surface area contributed by atoms with Gasteiger partial charge in [-0.05, 0) is 18.1 Å².